The summed E-state index contributed by atoms with van der Waals surface area (Å²) in [6, 6.07) is 3.87. The number of phenolic OH excluding ortho intramolecular Hbond substituents is 2. The predicted molar refractivity (Wildman–Crippen MR) is 65.0 cm³/mol. The van der Waals surface area contributed by atoms with Crippen LogP contribution in [-0.2, 0) is 0 Å². The maximum absolute atomic E-state index is 12.0. The normalized spacial score (nSPS) is 10.2. The maximum atomic E-state index is 12.0. The number of nitrogens with two attached hydrogens (primary N) is 1. The van der Waals surface area contributed by atoms with E-state index in [0.29, 0.717) is 19.6 Å². The lowest BCUT2D eigenvalue weighted by molar-refractivity contribution is 0.0762. The van der Waals surface area contributed by atoms with Gasteiger partial charge < -0.3 is 20.8 Å². The molecular weight excluding hydrogens is 220 g/mol. The summed E-state index contributed by atoms with van der Waals surface area (Å²) in [5.41, 5.74) is 5.68. The lowest BCUT2D eigenvalue weighted by atomic mass is 10.1. The maximum Gasteiger partial charge on any atom is 0.254 e. The number of benzene rings is 1. The first-order valence-corrected chi connectivity index (χ1v) is 5.60. The quantitative estimate of drug-likeness (QED) is 0.711. The first kappa shape index (κ1) is 13.3. The van der Waals surface area contributed by atoms with Gasteiger partial charge in [-0.2, -0.15) is 0 Å². The van der Waals surface area contributed by atoms with Crippen LogP contribution in [0.1, 0.15) is 23.7 Å². The molecule has 0 atom stereocenters. The number of hydrogen-bond acceptors (Lipinski definition) is 4. The first-order chi connectivity index (χ1) is 8.08. The summed E-state index contributed by atoms with van der Waals surface area (Å²) in [5.74, 6) is -0.460. The Labute approximate surface area is 100 Å². The summed E-state index contributed by atoms with van der Waals surface area (Å²) in [7, 11) is 0. The zero-order valence-electron chi connectivity index (χ0n) is 9.89. The van der Waals surface area contributed by atoms with E-state index < -0.39 is 0 Å². The second kappa shape index (κ2) is 6.10. The minimum atomic E-state index is -0.216. The Kier molecular flexibility index (Phi) is 4.78. The van der Waals surface area contributed by atoms with Crippen LogP contribution in [0, 0.1) is 0 Å². The van der Waals surface area contributed by atoms with Crippen molar-refractivity contribution in [3.63, 3.8) is 0 Å². The van der Waals surface area contributed by atoms with Gasteiger partial charge >= 0.3 is 0 Å². The molecule has 94 valence electrons. The highest BCUT2D eigenvalue weighted by atomic mass is 16.3. The van der Waals surface area contributed by atoms with Gasteiger partial charge in [-0.05, 0) is 32.0 Å². The minimum absolute atomic E-state index is 0.122. The first-order valence-electron chi connectivity index (χ1n) is 5.60. The highest BCUT2D eigenvalue weighted by Gasteiger charge is 2.15. The molecule has 0 aliphatic carbocycles. The molecule has 1 aromatic rings. The molecule has 5 nitrogen and oxygen atoms in total. The minimum Gasteiger partial charge on any atom is -0.508 e. The molecule has 0 aromatic heterocycles. The molecule has 1 aromatic carbocycles. The lowest BCUT2D eigenvalue weighted by Crippen LogP contribution is -2.32. The van der Waals surface area contributed by atoms with E-state index in [1.54, 1.807) is 4.90 Å². The molecule has 17 heavy (non-hydrogen) atoms. The van der Waals surface area contributed by atoms with Crippen molar-refractivity contribution in [2.24, 2.45) is 5.73 Å². The van der Waals surface area contributed by atoms with Gasteiger partial charge in [0.05, 0.1) is 0 Å². The molecule has 0 aliphatic heterocycles. The van der Waals surface area contributed by atoms with E-state index in [9.17, 15) is 15.0 Å². The second-order valence-electron chi connectivity index (χ2n) is 3.77. The van der Waals surface area contributed by atoms with Crippen molar-refractivity contribution in [2.75, 3.05) is 19.6 Å². The van der Waals surface area contributed by atoms with Gasteiger partial charge in [0.25, 0.3) is 5.91 Å². The fourth-order valence-electron chi connectivity index (χ4n) is 1.59. The van der Waals surface area contributed by atoms with Crippen LogP contribution in [0.5, 0.6) is 11.5 Å². The molecule has 0 saturated carbocycles. The molecule has 0 radical (unpaired) electrons. The molecule has 4 N–H and O–H groups in total. The van der Waals surface area contributed by atoms with E-state index >= 15 is 0 Å². The van der Waals surface area contributed by atoms with E-state index in [2.05, 4.69) is 0 Å². The van der Waals surface area contributed by atoms with E-state index in [4.69, 9.17) is 5.73 Å². The van der Waals surface area contributed by atoms with Crippen molar-refractivity contribution in [2.45, 2.75) is 13.3 Å². The number of carbonyl (C=O) groups excluding carboxylic acids is 1. The molecular formula is C12H18N2O3. The van der Waals surface area contributed by atoms with Crippen LogP contribution in [0.15, 0.2) is 18.2 Å². The standard InChI is InChI=1S/C12H18N2O3/c1-2-14(5-3-4-13)12(17)9-6-10(15)8-11(16)7-9/h6-8,15-16H,2-5,13H2,1H3. The summed E-state index contributed by atoms with van der Waals surface area (Å²) in [4.78, 5) is 13.7. The monoisotopic (exact) mass is 238 g/mol. The predicted octanol–water partition coefficient (Wildman–Crippen LogP) is 0.909. The van der Waals surface area contributed by atoms with Crippen molar-refractivity contribution in [1.82, 2.24) is 4.90 Å². The molecule has 1 amide bonds. The van der Waals surface area contributed by atoms with Gasteiger partial charge in [-0.1, -0.05) is 0 Å². The zero-order chi connectivity index (χ0) is 12.8. The van der Waals surface area contributed by atoms with Gasteiger partial charge in [-0.25, -0.2) is 0 Å². The molecule has 5 heteroatoms. The van der Waals surface area contributed by atoms with Gasteiger partial charge in [-0.3, -0.25) is 4.79 Å². The largest absolute Gasteiger partial charge is 0.508 e. The number of nitrogens with zero attached hydrogens (tertiary/aromatic N) is 1. The van der Waals surface area contributed by atoms with Gasteiger partial charge in [0.1, 0.15) is 11.5 Å². The molecule has 0 bridgehead atoms. The number of carbonyl (C=O) groups is 1. The third-order valence-electron chi connectivity index (χ3n) is 2.45. The Morgan fingerprint density at radius 1 is 1.29 bits per heavy atom. The summed E-state index contributed by atoms with van der Waals surface area (Å²) in [6.45, 7) is 3.53. The Morgan fingerprint density at radius 2 is 1.88 bits per heavy atom. The SMILES string of the molecule is CCN(CCCN)C(=O)c1cc(O)cc(O)c1. The van der Waals surface area contributed by atoms with Crippen LogP contribution < -0.4 is 5.73 Å². The summed E-state index contributed by atoms with van der Waals surface area (Å²) in [6.07, 6.45) is 0.727. The third kappa shape index (κ3) is 3.64. The highest BCUT2D eigenvalue weighted by molar-refractivity contribution is 5.95. The van der Waals surface area contributed by atoms with Gasteiger partial charge in [0, 0.05) is 24.7 Å². The van der Waals surface area contributed by atoms with Crippen LogP contribution in [0.3, 0.4) is 0 Å². The third-order valence-corrected chi connectivity index (χ3v) is 2.45. The number of aromatic hydroxyl groups is 2. The topological polar surface area (TPSA) is 86.8 Å². The van der Waals surface area contributed by atoms with E-state index in [-0.39, 0.29) is 23.0 Å². The second-order valence-corrected chi connectivity index (χ2v) is 3.77. The highest BCUT2D eigenvalue weighted by Crippen LogP contribution is 2.21. The van der Waals surface area contributed by atoms with Crippen LogP contribution in [0.2, 0.25) is 0 Å². The average molecular weight is 238 g/mol. The summed E-state index contributed by atoms with van der Waals surface area (Å²) < 4.78 is 0. The van der Waals surface area contributed by atoms with Crippen LogP contribution in [0.25, 0.3) is 0 Å². The fourth-order valence-corrected chi connectivity index (χ4v) is 1.59. The van der Waals surface area contributed by atoms with Crippen molar-refractivity contribution < 1.29 is 15.0 Å². The number of hydrogen-bond donors (Lipinski definition) is 3. The molecule has 0 unspecified atom stereocenters. The lowest BCUT2D eigenvalue weighted by Gasteiger charge is -2.20. The molecule has 0 aliphatic rings. The molecule has 0 fully saturated rings. The number of rotatable bonds is 5. The Bertz CT molecular complexity index is 373. The molecule has 0 spiro atoms. The zero-order valence-corrected chi connectivity index (χ0v) is 9.89. The van der Waals surface area contributed by atoms with Gasteiger partial charge in [0.15, 0.2) is 0 Å². The van der Waals surface area contributed by atoms with Gasteiger partial charge in [0.2, 0.25) is 0 Å². The summed E-state index contributed by atoms with van der Waals surface area (Å²) in [5, 5.41) is 18.6. The molecule has 0 saturated heterocycles. The number of amides is 1. The Balaban J connectivity index is 2.85. The van der Waals surface area contributed by atoms with Crippen LogP contribution in [0.4, 0.5) is 0 Å². The Morgan fingerprint density at radius 3 is 2.35 bits per heavy atom. The van der Waals surface area contributed by atoms with Crippen molar-refractivity contribution in [1.29, 1.82) is 0 Å². The fraction of sp³-hybridized carbons (Fsp3) is 0.417. The van der Waals surface area contributed by atoms with Crippen molar-refractivity contribution in [3.05, 3.63) is 23.8 Å². The Hall–Kier alpha value is -1.75. The number of phenols is 2. The smallest absolute Gasteiger partial charge is 0.254 e. The summed E-state index contributed by atoms with van der Waals surface area (Å²) >= 11 is 0. The van der Waals surface area contributed by atoms with Crippen LogP contribution in [-0.4, -0.2) is 40.7 Å². The molecule has 1 rings (SSSR count). The van der Waals surface area contributed by atoms with E-state index in [1.165, 1.54) is 18.2 Å². The van der Waals surface area contributed by atoms with E-state index in [0.717, 1.165) is 6.42 Å². The van der Waals surface area contributed by atoms with Crippen molar-refractivity contribution >= 4 is 5.91 Å². The molecule has 0 heterocycles. The van der Waals surface area contributed by atoms with Crippen LogP contribution >= 0.6 is 0 Å². The van der Waals surface area contributed by atoms with Gasteiger partial charge in [-0.15, -0.1) is 0 Å². The average Bonchev–Trinajstić information content (AvgIpc) is 2.28. The van der Waals surface area contributed by atoms with E-state index in [1.807, 2.05) is 6.92 Å². The van der Waals surface area contributed by atoms with Crippen molar-refractivity contribution in [3.8, 4) is 11.5 Å².